The fourth-order valence-electron chi connectivity index (χ4n) is 2.70. The molecule has 0 amide bonds. The quantitative estimate of drug-likeness (QED) is 0.802. The molecular weight excluding hydrogens is 264 g/mol. The van der Waals surface area contributed by atoms with E-state index in [2.05, 4.69) is 15.0 Å². The molecule has 0 atom stereocenters. The third-order valence-corrected chi connectivity index (χ3v) is 3.77. The first kappa shape index (κ1) is 13.7. The monoisotopic (exact) mass is 282 g/mol. The third-order valence-electron chi connectivity index (χ3n) is 3.77. The zero-order valence-corrected chi connectivity index (χ0v) is 12.3. The van der Waals surface area contributed by atoms with Crippen molar-refractivity contribution in [2.75, 3.05) is 18.5 Å². The summed E-state index contributed by atoms with van der Waals surface area (Å²) in [7, 11) is 1.89. The Kier molecular flexibility index (Phi) is 3.64. The van der Waals surface area contributed by atoms with Gasteiger partial charge < -0.3 is 9.69 Å². The van der Waals surface area contributed by atoms with E-state index in [-0.39, 0.29) is 0 Å². The minimum absolute atomic E-state index is 0.337. The highest BCUT2D eigenvalue weighted by Crippen LogP contribution is 2.30. The standard InChI is InChI=1S/C16H18N4O/c1-11-6-7-17-14(10-11)15-18-13-5-3-4-12(13)16(19-15)20(2)8-9-21/h6-7,9-10H,3-5,8H2,1-2H3. The molecule has 5 nitrogen and oxygen atoms in total. The van der Waals surface area contributed by atoms with E-state index in [1.807, 2.05) is 31.0 Å². The summed E-state index contributed by atoms with van der Waals surface area (Å²) < 4.78 is 0. The number of aromatic nitrogens is 3. The van der Waals surface area contributed by atoms with E-state index < -0.39 is 0 Å². The molecule has 0 aromatic carbocycles. The molecule has 0 unspecified atom stereocenters. The van der Waals surface area contributed by atoms with Crippen LogP contribution in [0.25, 0.3) is 11.5 Å². The van der Waals surface area contributed by atoms with Crippen LogP contribution >= 0.6 is 0 Å². The van der Waals surface area contributed by atoms with E-state index >= 15 is 0 Å². The second-order valence-electron chi connectivity index (χ2n) is 5.42. The Hall–Kier alpha value is -2.30. The zero-order chi connectivity index (χ0) is 14.8. The number of rotatable bonds is 4. The van der Waals surface area contributed by atoms with Crippen molar-refractivity contribution < 1.29 is 4.79 Å². The van der Waals surface area contributed by atoms with Crippen molar-refractivity contribution in [2.24, 2.45) is 0 Å². The van der Waals surface area contributed by atoms with Gasteiger partial charge in [0.25, 0.3) is 0 Å². The number of hydrogen-bond donors (Lipinski definition) is 0. The molecule has 1 aliphatic rings. The molecule has 0 N–H and O–H groups in total. The van der Waals surface area contributed by atoms with Gasteiger partial charge in [0.2, 0.25) is 0 Å². The molecule has 0 fully saturated rings. The lowest BCUT2D eigenvalue weighted by atomic mass is 10.2. The van der Waals surface area contributed by atoms with Crippen LogP contribution in [-0.4, -0.2) is 34.8 Å². The molecule has 21 heavy (non-hydrogen) atoms. The van der Waals surface area contributed by atoms with Gasteiger partial charge in [0.05, 0.1) is 6.54 Å². The van der Waals surface area contributed by atoms with Crippen LogP contribution in [0.4, 0.5) is 5.82 Å². The number of hydrogen-bond acceptors (Lipinski definition) is 5. The van der Waals surface area contributed by atoms with Crippen molar-refractivity contribution in [3.05, 3.63) is 35.2 Å². The summed E-state index contributed by atoms with van der Waals surface area (Å²) in [6, 6.07) is 3.94. The smallest absolute Gasteiger partial charge is 0.180 e. The maximum atomic E-state index is 10.8. The topological polar surface area (TPSA) is 59.0 Å². The first-order chi connectivity index (χ1) is 10.2. The van der Waals surface area contributed by atoms with Gasteiger partial charge in [-0.3, -0.25) is 4.98 Å². The number of nitrogens with zero attached hydrogens (tertiary/aromatic N) is 4. The molecule has 0 aliphatic heterocycles. The van der Waals surface area contributed by atoms with Crippen LogP contribution in [-0.2, 0) is 17.6 Å². The summed E-state index contributed by atoms with van der Waals surface area (Å²) in [6.45, 7) is 2.36. The second kappa shape index (κ2) is 5.60. The first-order valence-electron chi connectivity index (χ1n) is 7.16. The van der Waals surface area contributed by atoms with Gasteiger partial charge in [-0.1, -0.05) is 0 Å². The Morgan fingerprint density at radius 2 is 2.19 bits per heavy atom. The van der Waals surface area contributed by atoms with Crippen molar-refractivity contribution in [3.63, 3.8) is 0 Å². The Labute approximate surface area is 124 Å². The van der Waals surface area contributed by atoms with Gasteiger partial charge in [0.15, 0.2) is 5.82 Å². The van der Waals surface area contributed by atoms with E-state index in [9.17, 15) is 4.79 Å². The number of anilines is 1. The lowest BCUT2D eigenvalue weighted by Crippen LogP contribution is -2.23. The Bertz CT molecular complexity index is 684. The minimum atomic E-state index is 0.337. The molecule has 2 aromatic heterocycles. The SMILES string of the molecule is Cc1ccnc(-c2nc3c(c(N(C)CC=O)n2)CCC3)c1. The van der Waals surface area contributed by atoms with Gasteiger partial charge in [-0.2, -0.15) is 0 Å². The van der Waals surface area contributed by atoms with Gasteiger partial charge in [-0.05, 0) is 43.9 Å². The average molecular weight is 282 g/mol. The van der Waals surface area contributed by atoms with Crippen LogP contribution in [0.1, 0.15) is 23.2 Å². The molecule has 3 rings (SSSR count). The third kappa shape index (κ3) is 2.63. The molecule has 0 bridgehead atoms. The minimum Gasteiger partial charge on any atom is -0.352 e. The van der Waals surface area contributed by atoms with E-state index in [1.54, 1.807) is 6.20 Å². The predicted molar refractivity (Wildman–Crippen MR) is 81.4 cm³/mol. The summed E-state index contributed by atoms with van der Waals surface area (Å²) >= 11 is 0. The first-order valence-corrected chi connectivity index (χ1v) is 7.16. The van der Waals surface area contributed by atoms with Crippen LogP contribution in [0.5, 0.6) is 0 Å². The van der Waals surface area contributed by atoms with Crippen LogP contribution in [0.2, 0.25) is 0 Å². The van der Waals surface area contributed by atoms with E-state index in [0.29, 0.717) is 12.4 Å². The summed E-state index contributed by atoms with van der Waals surface area (Å²) in [5.41, 5.74) is 4.18. The molecule has 108 valence electrons. The molecule has 5 heteroatoms. The summed E-state index contributed by atoms with van der Waals surface area (Å²) in [5.74, 6) is 1.51. The van der Waals surface area contributed by atoms with Crippen molar-refractivity contribution in [1.82, 2.24) is 15.0 Å². The normalized spacial score (nSPS) is 13.0. The van der Waals surface area contributed by atoms with Crippen LogP contribution < -0.4 is 4.90 Å². The Morgan fingerprint density at radius 1 is 1.33 bits per heavy atom. The molecule has 2 aromatic rings. The number of aldehydes is 1. The summed E-state index contributed by atoms with van der Waals surface area (Å²) in [5, 5.41) is 0. The number of likely N-dealkylation sites (N-methyl/N-ethyl adjacent to an activating group) is 1. The van der Waals surface area contributed by atoms with Gasteiger partial charge in [0, 0.05) is 24.5 Å². The molecule has 1 aliphatic carbocycles. The van der Waals surface area contributed by atoms with Crippen LogP contribution in [0.15, 0.2) is 18.3 Å². The fourth-order valence-corrected chi connectivity index (χ4v) is 2.70. The number of fused-ring (bicyclic) bond motifs is 1. The highest BCUT2D eigenvalue weighted by Gasteiger charge is 2.22. The van der Waals surface area contributed by atoms with Gasteiger partial charge in [-0.25, -0.2) is 9.97 Å². The van der Waals surface area contributed by atoms with Gasteiger partial charge in [0.1, 0.15) is 17.8 Å². The van der Waals surface area contributed by atoms with Crippen molar-refractivity contribution in [2.45, 2.75) is 26.2 Å². The fraction of sp³-hybridized carbons (Fsp3) is 0.375. The van der Waals surface area contributed by atoms with Crippen LogP contribution in [0, 0.1) is 6.92 Å². The van der Waals surface area contributed by atoms with Gasteiger partial charge in [-0.15, -0.1) is 0 Å². The molecule has 0 saturated heterocycles. The van der Waals surface area contributed by atoms with E-state index in [4.69, 9.17) is 0 Å². The lowest BCUT2D eigenvalue weighted by molar-refractivity contribution is -0.106. The number of carbonyl (C=O) groups excluding carboxylic acids is 1. The second-order valence-corrected chi connectivity index (χ2v) is 5.42. The predicted octanol–water partition coefficient (Wildman–Crippen LogP) is 1.97. The number of carbonyl (C=O) groups is 1. The van der Waals surface area contributed by atoms with Crippen LogP contribution in [0.3, 0.4) is 0 Å². The molecule has 2 heterocycles. The van der Waals surface area contributed by atoms with Gasteiger partial charge >= 0.3 is 0 Å². The Morgan fingerprint density at radius 3 is 2.95 bits per heavy atom. The molecule has 0 radical (unpaired) electrons. The zero-order valence-electron chi connectivity index (χ0n) is 12.3. The largest absolute Gasteiger partial charge is 0.352 e. The van der Waals surface area contributed by atoms with Crippen molar-refractivity contribution >= 4 is 12.1 Å². The maximum Gasteiger partial charge on any atom is 0.180 e. The highest BCUT2D eigenvalue weighted by molar-refractivity contribution is 5.64. The number of aryl methyl sites for hydroxylation is 2. The molecular formula is C16H18N4O. The van der Waals surface area contributed by atoms with Crippen molar-refractivity contribution in [3.8, 4) is 11.5 Å². The number of pyridine rings is 1. The maximum absolute atomic E-state index is 10.8. The molecule has 0 saturated carbocycles. The lowest BCUT2D eigenvalue weighted by Gasteiger charge is -2.19. The van der Waals surface area contributed by atoms with Crippen molar-refractivity contribution in [1.29, 1.82) is 0 Å². The average Bonchev–Trinajstić information content (AvgIpc) is 2.94. The summed E-state index contributed by atoms with van der Waals surface area (Å²) in [6.07, 6.45) is 5.72. The summed E-state index contributed by atoms with van der Waals surface area (Å²) in [4.78, 5) is 26.4. The Balaban J connectivity index is 2.10. The van der Waals surface area contributed by atoms with E-state index in [0.717, 1.165) is 48.3 Å². The highest BCUT2D eigenvalue weighted by atomic mass is 16.1. The molecule has 0 spiro atoms. The van der Waals surface area contributed by atoms with E-state index in [1.165, 1.54) is 5.56 Å².